The van der Waals surface area contributed by atoms with Crippen molar-refractivity contribution in [1.29, 1.82) is 0 Å². The molecule has 4 heteroatoms. The Morgan fingerprint density at radius 2 is 2.31 bits per heavy atom. The van der Waals surface area contributed by atoms with Crippen LogP contribution >= 0.6 is 11.6 Å². The van der Waals surface area contributed by atoms with E-state index in [2.05, 4.69) is 5.48 Å². The van der Waals surface area contributed by atoms with Crippen molar-refractivity contribution in [2.75, 3.05) is 0 Å². The highest BCUT2D eigenvalue weighted by atomic mass is 35.5. The van der Waals surface area contributed by atoms with Crippen LogP contribution < -0.4 is 5.48 Å². The van der Waals surface area contributed by atoms with Gasteiger partial charge in [0.05, 0.1) is 11.6 Å². The number of hydrogen-bond donors (Lipinski definition) is 1. The highest BCUT2D eigenvalue weighted by molar-refractivity contribution is 6.32. The van der Waals surface area contributed by atoms with Gasteiger partial charge in [-0.05, 0) is 19.1 Å². The van der Waals surface area contributed by atoms with Crippen LogP contribution in [0.25, 0.3) is 0 Å². The van der Waals surface area contributed by atoms with E-state index in [0.29, 0.717) is 10.6 Å². The molecule has 1 heterocycles. The molecule has 1 aromatic carbocycles. The summed E-state index contributed by atoms with van der Waals surface area (Å²) in [5.74, 6) is -0.379. The van der Waals surface area contributed by atoms with E-state index in [1.165, 1.54) is 0 Å². The SMILES string of the molecule is CC1NOC(=O)c2cccc(Cl)c21. The average molecular weight is 198 g/mol. The zero-order valence-corrected chi connectivity index (χ0v) is 7.76. The molecule has 1 N–H and O–H groups in total. The molecule has 0 aliphatic carbocycles. The second-order valence-corrected chi connectivity index (χ2v) is 3.34. The zero-order valence-electron chi connectivity index (χ0n) is 7.00. The van der Waals surface area contributed by atoms with Crippen LogP contribution in [0.5, 0.6) is 0 Å². The van der Waals surface area contributed by atoms with Crippen LogP contribution in [0.4, 0.5) is 0 Å². The molecule has 0 aromatic heterocycles. The van der Waals surface area contributed by atoms with Crippen molar-refractivity contribution in [2.45, 2.75) is 13.0 Å². The Morgan fingerprint density at radius 3 is 3.00 bits per heavy atom. The van der Waals surface area contributed by atoms with Crippen LogP contribution in [0.15, 0.2) is 18.2 Å². The summed E-state index contributed by atoms with van der Waals surface area (Å²) in [7, 11) is 0. The van der Waals surface area contributed by atoms with Gasteiger partial charge >= 0.3 is 5.97 Å². The van der Waals surface area contributed by atoms with Gasteiger partial charge in [-0.1, -0.05) is 17.7 Å². The van der Waals surface area contributed by atoms with Gasteiger partial charge in [-0.15, -0.1) is 5.48 Å². The maximum absolute atomic E-state index is 11.2. The number of fused-ring (bicyclic) bond motifs is 1. The lowest BCUT2D eigenvalue weighted by molar-refractivity contribution is 0.0109. The Labute approximate surface area is 80.6 Å². The minimum atomic E-state index is -0.379. The maximum atomic E-state index is 11.2. The van der Waals surface area contributed by atoms with Gasteiger partial charge in [-0.25, -0.2) is 4.79 Å². The van der Waals surface area contributed by atoms with E-state index in [0.717, 1.165) is 5.56 Å². The van der Waals surface area contributed by atoms with Gasteiger partial charge in [-0.3, -0.25) is 0 Å². The molecule has 1 unspecified atom stereocenters. The number of benzene rings is 1. The maximum Gasteiger partial charge on any atom is 0.357 e. The van der Waals surface area contributed by atoms with Crippen molar-refractivity contribution in [3.8, 4) is 0 Å². The first-order valence-electron chi connectivity index (χ1n) is 3.95. The molecule has 1 aliphatic heterocycles. The molecule has 1 aliphatic rings. The molecular formula is C9H8ClNO2. The molecule has 0 amide bonds. The van der Waals surface area contributed by atoms with Crippen LogP contribution in [-0.2, 0) is 4.84 Å². The van der Waals surface area contributed by atoms with Crippen molar-refractivity contribution < 1.29 is 9.63 Å². The lowest BCUT2D eigenvalue weighted by Crippen LogP contribution is -2.30. The molecule has 0 saturated heterocycles. The van der Waals surface area contributed by atoms with Crippen molar-refractivity contribution in [3.63, 3.8) is 0 Å². The fourth-order valence-corrected chi connectivity index (χ4v) is 1.75. The molecule has 0 radical (unpaired) electrons. The van der Waals surface area contributed by atoms with Crippen molar-refractivity contribution in [1.82, 2.24) is 5.48 Å². The summed E-state index contributed by atoms with van der Waals surface area (Å²) < 4.78 is 0. The Hall–Kier alpha value is -1.06. The Morgan fingerprint density at radius 1 is 1.54 bits per heavy atom. The summed E-state index contributed by atoms with van der Waals surface area (Å²) in [6.07, 6.45) is 0. The first-order valence-corrected chi connectivity index (χ1v) is 4.33. The summed E-state index contributed by atoms with van der Waals surface area (Å²) in [6, 6.07) is 5.15. The highest BCUT2D eigenvalue weighted by Gasteiger charge is 2.25. The number of rotatable bonds is 0. The summed E-state index contributed by atoms with van der Waals surface area (Å²) in [6.45, 7) is 1.89. The largest absolute Gasteiger partial charge is 0.366 e. The first-order chi connectivity index (χ1) is 6.20. The molecule has 13 heavy (non-hydrogen) atoms. The van der Waals surface area contributed by atoms with Crippen molar-refractivity contribution in [3.05, 3.63) is 34.3 Å². The second kappa shape index (κ2) is 3.01. The number of hydrogen-bond acceptors (Lipinski definition) is 3. The van der Waals surface area contributed by atoms with E-state index in [1.54, 1.807) is 18.2 Å². The predicted molar refractivity (Wildman–Crippen MR) is 48.4 cm³/mol. The standard InChI is InChI=1S/C9H8ClNO2/c1-5-8-6(9(12)13-11-5)3-2-4-7(8)10/h2-5,11H,1H3. The lowest BCUT2D eigenvalue weighted by atomic mass is 10.0. The van der Waals surface area contributed by atoms with E-state index in [1.807, 2.05) is 6.92 Å². The van der Waals surface area contributed by atoms with Gasteiger partial charge in [0, 0.05) is 10.6 Å². The third-order valence-corrected chi connectivity index (χ3v) is 2.36. The molecule has 1 atom stereocenters. The van der Waals surface area contributed by atoms with E-state index >= 15 is 0 Å². The van der Waals surface area contributed by atoms with E-state index < -0.39 is 0 Å². The quantitative estimate of drug-likeness (QED) is 0.692. The molecule has 0 saturated carbocycles. The van der Waals surface area contributed by atoms with Gasteiger partial charge in [0.2, 0.25) is 0 Å². The molecule has 68 valence electrons. The number of nitrogens with one attached hydrogen (secondary N) is 1. The van der Waals surface area contributed by atoms with Gasteiger partial charge in [0.15, 0.2) is 0 Å². The minimum Gasteiger partial charge on any atom is -0.366 e. The molecule has 1 aromatic rings. The van der Waals surface area contributed by atoms with Gasteiger partial charge < -0.3 is 4.84 Å². The molecule has 2 rings (SSSR count). The van der Waals surface area contributed by atoms with Gasteiger partial charge in [0.1, 0.15) is 0 Å². The third kappa shape index (κ3) is 1.30. The van der Waals surface area contributed by atoms with E-state index in [-0.39, 0.29) is 12.0 Å². The Kier molecular flexibility index (Phi) is 1.98. The molecule has 0 fully saturated rings. The molecule has 3 nitrogen and oxygen atoms in total. The summed E-state index contributed by atoms with van der Waals surface area (Å²) in [4.78, 5) is 16.0. The zero-order chi connectivity index (χ0) is 9.42. The molecular weight excluding hydrogens is 190 g/mol. The fourth-order valence-electron chi connectivity index (χ4n) is 1.41. The van der Waals surface area contributed by atoms with Gasteiger partial charge in [-0.2, -0.15) is 0 Å². The number of halogens is 1. The Bertz CT molecular complexity index is 365. The van der Waals surface area contributed by atoms with Crippen LogP contribution in [0, 0.1) is 0 Å². The summed E-state index contributed by atoms with van der Waals surface area (Å²) in [5, 5.41) is 0.592. The topological polar surface area (TPSA) is 38.3 Å². The molecule has 0 spiro atoms. The second-order valence-electron chi connectivity index (χ2n) is 2.93. The highest BCUT2D eigenvalue weighted by Crippen LogP contribution is 2.29. The number of carbonyl (C=O) groups excluding carboxylic acids is 1. The summed E-state index contributed by atoms with van der Waals surface area (Å²) in [5.41, 5.74) is 3.94. The van der Waals surface area contributed by atoms with Crippen LogP contribution in [0.2, 0.25) is 5.02 Å². The van der Waals surface area contributed by atoms with Crippen molar-refractivity contribution in [2.24, 2.45) is 0 Å². The fraction of sp³-hybridized carbons (Fsp3) is 0.222. The predicted octanol–water partition coefficient (Wildman–Crippen LogP) is 2.08. The van der Waals surface area contributed by atoms with Crippen LogP contribution in [0.1, 0.15) is 28.9 Å². The minimum absolute atomic E-state index is 0.0543. The van der Waals surface area contributed by atoms with E-state index in [4.69, 9.17) is 16.4 Å². The Balaban J connectivity index is 2.63. The number of hydroxylamine groups is 1. The van der Waals surface area contributed by atoms with Gasteiger partial charge in [0.25, 0.3) is 0 Å². The summed E-state index contributed by atoms with van der Waals surface area (Å²) >= 11 is 5.95. The molecule has 0 bridgehead atoms. The smallest absolute Gasteiger partial charge is 0.357 e. The lowest BCUT2D eigenvalue weighted by Gasteiger charge is -2.22. The number of carbonyl (C=O) groups is 1. The normalized spacial score (nSPS) is 20.8. The van der Waals surface area contributed by atoms with Crippen molar-refractivity contribution >= 4 is 17.6 Å². The third-order valence-electron chi connectivity index (χ3n) is 2.03. The van der Waals surface area contributed by atoms with Crippen LogP contribution in [-0.4, -0.2) is 5.97 Å². The van der Waals surface area contributed by atoms with E-state index in [9.17, 15) is 4.79 Å². The first kappa shape index (κ1) is 8.53. The monoisotopic (exact) mass is 197 g/mol. The average Bonchev–Trinajstić information content (AvgIpc) is 2.12. The van der Waals surface area contributed by atoms with Crippen LogP contribution in [0.3, 0.4) is 0 Å².